The highest BCUT2D eigenvalue weighted by atomic mass is 32.2. The number of carbonyl (C=O) groups excluding carboxylic acids is 2. The number of rotatable bonds is 2. The van der Waals surface area contributed by atoms with Gasteiger partial charge in [-0.2, -0.15) is 0 Å². The number of hydrogen-bond donors (Lipinski definition) is 1. The largest absolute Gasteiger partial charge is 0.467 e. The molecule has 0 saturated carbocycles. The Labute approximate surface area is 91.8 Å². The van der Waals surface area contributed by atoms with E-state index in [1.165, 1.54) is 7.11 Å². The van der Waals surface area contributed by atoms with E-state index in [9.17, 15) is 9.59 Å². The zero-order valence-corrected chi connectivity index (χ0v) is 9.20. The summed E-state index contributed by atoms with van der Waals surface area (Å²) in [5.74, 6) is -0.226. The van der Waals surface area contributed by atoms with E-state index in [2.05, 4.69) is 4.74 Å². The predicted octanol–water partition coefficient (Wildman–Crippen LogP) is -0.558. The molecule has 2 fully saturated rings. The van der Waals surface area contributed by atoms with Crippen LogP contribution in [0, 0.1) is 5.92 Å². The molecule has 0 aliphatic carbocycles. The van der Waals surface area contributed by atoms with Crippen molar-refractivity contribution in [2.45, 2.75) is 17.8 Å². The van der Waals surface area contributed by atoms with Crippen LogP contribution in [-0.4, -0.2) is 52.8 Å². The Morgan fingerprint density at radius 2 is 2.47 bits per heavy atom. The monoisotopic (exact) mass is 231 g/mol. The SMILES string of the molecule is COC(=O)C1CSC2CC(CO)C(=O)N21. The van der Waals surface area contributed by atoms with Crippen LogP contribution in [0.4, 0.5) is 0 Å². The van der Waals surface area contributed by atoms with Crippen LogP contribution in [0.1, 0.15) is 6.42 Å². The van der Waals surface area contributed by atoms with Crippen molar-refractivity contribution in [3.05, 3.63) is 0 Å². The topological polar surface area (TPSA) is 66.8 Å². The maximum absolute atomic E-state index is 11.8. The van der Waals surface area contributed by atoms with Crippen LogP contribution in [0.3, 0.4) is 0 Å². The summed E-state index contributed by atoms with van der Waals surface area (Å²) in [5.41, 5.74) is 0. The number of nitrogens with zero attached hydrogens (tertiary/aromatic N) is 1. The number of ether oxygens (including phenoxy) is 1. The normalized spacial score (nSPS) is 34.4. The molecule has 0 spiro atoms. The van der Waals surface area contributed by atoms with Crippen molar-refractivity contribution in [1.29, 1.82) is 0 Å². The molecule has 2 aliphatic heterocycles. The van der Waals surface area contributed by atoms with E-state index in [4.69, 9.17) is 5.11 Å². The van der Waals surface area contributed by atoms with Crippen molar-refractivity contribution >= 4 is 23.6 Å². The first-order valence-corrected chi connectivity index (χ1v) is 5.86. The van der Waals surface area contributed by atoms with Gasteiger partial charge in [-0.3, -0.25) is 4.79 Å². The van der Waals surface area contributed by atoms with E-state index in [0.29, 0.717) is 12.2 Å². The third-order valence-electron chi connectivity index (χ3n) is 2.88. The highest BCUT2D eigenvalue weighted by Crippen LogP contribution is 2.40. The van der Waals surface area contributed by atoms with Gasteiger partial charge in [0.15, 0.2) is 0 Å². The quantitative estimate of drug-likeness (QED) is 0.645. The maximum atomic E-state index is 11.8. The number of fused-ring (bicyclic) bond motifs is 1. The minimum Gasteiger partial charge on any atom is -0.467 e. The molecule has 2 heterocycles. The van der Waals surface area contributed by atoms with Crippen molar-refractivity contribution in [1.82, 2.24) is 4.90 Å². The lowest BCUT2D eigenvalue weighted by Crippen LogP contribution is -2.43. The number of esters is 1. The van der Waals surface area contributed by atoms with Gasteiger partial charge < -0.3 is 14.7 Å². The number of aliphatic hydroxyl groups excluding tert-OH is 1. The molecular weight excluding hydrogens is 218 g/mol. The summed E-state index contributed by atoms with van der Waals surface area (Å²) in [6, 6.07) is -0.464. The molecule has 3 atom stereocenters. The van der Waals surface area contributed by atoms with Crippen LogP contribution in [-0.2, 0) is 14.3 Å². The molecule has 2 saturated heterocycles. The average Bonchev–Trinajstić information content (AvgIpc) is 2.78. The number of methoxy groups -OCH3 is 1. The first-order valence-electron chi connectivity index (χ1n) is 4.81. The molecule has 0 aromatic rings. The minimum absolute atomic E-state index is 0.0405. The molecule has 2 rings (SSSR count). The Kier molecular flexibility index (Phi) is 2.88. The number of hydrogen-bond acceptors (Lipinski definition) is 5. The zero-order valence-electron chi connectivity index (χ0n) is 8.38. The summed E-state index contributed by atoms with van der Waals surface area (Å²) < 4.78 is 4.65. The van der Waals surface area contributed by atoms with Crippen LogP contribution in [0.25, 0.3) is 0 Å². The number of aliphatic hydroxyl groups is 1. The van der Waals surface area contributed by atoms with E-state index in [1.54, 1.807) is 16.7 Å². The van der Waals surface area contributed by atoms with Gasteiger partial charge in [0, 0.05) is 5.75 Å². The molecular formula is C9H13NO4S. The van der Waals surface area contributed by atoms with Crippen LogP contribution in [0.15, 0.2) is 0 Å². The van der Waals surface area contributed by atoms with Gasteiger partial charge in [-0.05, 0) is 6.42 Å². The van der Waals surface area contributed by atoms with Gasteiger partial charge in [-0.1, -0.05) is 0 Å². The Hall–Kier alpha value is -0.750. The first-order chi connectivity index (χ1) is 7.19. The molecule has 3 unspecified atom stereocenters. The predicted molar refractivity (Wildman–Crippen MR) is 54.1 cm³/mol. The van der Waals surface area contributed by atoms with Crippen molar-refractivity contribution in [2.24, 2.45) is 5.92 Å². The molecule has 0 aromatic heterocycles. The fraction of sp³-hybridized carbons (Fsp3) is 0.778. The molecule has 0 aromatic carbocycles. The van der Waals surface area contributed by atoms with Crippen LogP contribution >= 0.6 is 11.8 Å². The third kappa shape index (κ3) is 1.61. The Bertz CT molecular complexity index is 296. The minimum atomic E-state index is -0.464. The number of carbonyl (C=O) groups is 2. The van der Waals surface area contributed by atoms with E-state index in [1.807, 2.05) is 0 Å². The summed E-state index contributed by atoms with van der Waals surface area (Å²) in [7, 11) is 1.32. The van der Waals surface area contributed by atoms with Gasteiger partial charge in [-0.25, -0.2) is 4.79 Å². The molecule has 1 N–H and O–H groups in total. The average molecular weight is 231 g/mol. The fourth-order valence-electron chi connectivity index (χ4n) is 2.07. The van der Waals surface area contributed by atoms with Crippen molar-refractivity contribution in [3.8, 4) is 0 Å². The highest BCUT2D eigenvalue weighted by Gasteiger charge is 2.49. The van der Waals surface area contributed by atoms with Crippen LogP contribution < -0.4 is 0 Å². The number of amides is 1. The van der Waals surface area contributed by atoms with Crippen molar-refractivity contribution < 1.29 is 19.4 Å². The van der Waals surface area contributed by atoms with Crippen molar-refractivity contribution in [3.63, 3.8) is 0 Å². The summed E-state index contributed by atoms with van der Waals surface area (Å²) in [4.78, 5) is 24.8. The van der Waals surface area contributed by atoms with Gasteiger partial charge >= 0.3 is 5.97 Å². The standard InChI is InChI=1S/C9H13NO4S/c1-14-9(13)6-4-15-7-2-5(3-11)8(12)10(6)7/h5-7,11H,2-4H2,1H3. The molecule has 84 valence electrons. The van der Waals surface area contributed by atoms with Gasteiger partial charge in [0.2, 0.25) is 5.91 Å². The Morgan fingerprint density at radius 1 is 1.73 bits per heavy atom. The second-order valence-corrected chi connectivity index (χ2v) is 4.90. The maximum Gasteiger partial charge on any atom is 0.329 e. The van der Waals surface area contributed by atoms with Crippen molar-refractivity contribution in [2.75, 3.05) is 19.5 Å². The molecule has 0 bridgehead atoms. The lowest BCUT2D eigenvalue weighted by atomic mass is 10.1. The first kappa shape index (κ1) is 10.8. The third-order valence-corrected chi connectivity index (χ3v) is 4.19. The van der Waals surface area contributed by atoms with Crippen LogP contribution in [0.5, 0.6) is 0 Å². The van der Waals surface area contributed by atoms with E-state index in [-0.39, 0.29) is 29.8 Å². The van der Waals surface area contributed by atoms with E-state index < -0.39 is 6.04 Å². The smallest absolute Gasteiger partial charge is 0.329 e. The van der Waals surface area contributed by atoms with E-state index in [0.717, 1.165) is 0 Å². The van der Waals surface area contributed by atoms with Gasteiger partial charge in [0.25, 0.3) is 0 Å². The Balaban J connectivity index is 2.14. The molecule has 6 heteroatoms. The summed E-state index contributed by atoms with van der Waals surface area (Å²) in [5, 5.41) is 9.04. The molecule has 2 aliphatic rings. The van der Waals surface area contributed by atoms with Gasteiger partial charge in [0.05, 0.1) is 25.0 Å². The molecule has 0 radical (unpaired) electrons. The molecule has 1 amide bonds. The fourth-order valence-corrected chi connectivity index (χ4v) is 3.55. The lowest BCUT2D eigenvalue weighted by Gasteiger charge is -2.21. The second kappa shape index (κ2) is 4.02. The summed E-state index contributed by atoms with van der Waals surface area (Å²) >= 11 is 1.58. The molecule has 5 nitrogen and oxygen atoms in total. The lowest BCUT2D eigenvalue weighted by molar-refractivity contribution is -0.150. The van der Waals surface area contributed by atoms with Gasteiger partial charge in [-0.15, -0.1) is 11.8 Å². The zero-order chi connectivity index (χ0) is 11.0. The van der Waals surface area contributed by atoms with E-state index >= 15 is 0 Å². The second-order valence-electron chi connectivity index (χ2n) is 3.69. The summed E-state index contributed by atoms with van der Waals surface area (Å²) in [6.45, 7) is -0.139. The molecule has 15 heavy (non-hydrogen) atoms. The Morgan fingerprint density at radius 3 is 3.07 bits per heavy atom. The number of thioether (sulfide) groups is 1. The highest BCUT2D eigenvalue weighted by molar-refractivity contribution is 8.00. The summed E-state index contributed by atoms with van der Waals surface area (Å²) in [6.07, 6.45) is 0.632. The van der Waals surface area contributed by atoms with Gasteiger partial charge in [0.1, 0.15) is 6.04 Å². The van der Waals surface area contributed by atoms with Crippen LogP contribution in [0.2, 0.25) is 0 Å².